The molecule has 0 aromatic heterocycles. The van der Waals surface area contributed by atoms with Gasteiger partial charge in [0.15, 0.2) is 11.4 Å². The van der Waals surface area contributed by atoms with Gasteiger partial charge in [-0.05, 0) is 32.6 Å². The minimum atomic E-state index is -2.86. The van der Waals surface area contributed by atoms with E-state index < -0.39 is 80.9 Å². The van der Waals surface area contributed by atoms with Crippen LogP contribution in [0, 0.1) is 11.8 Å². The van der Waals surface area contributed by atoms with E-state index in [0.717, 1.165) is 0 Å². The predicted octanol–water partition coefficient (Wildman–Crippen LogP) is -0.413. The number of aliphatic hydroxyl groups excluding tert-OH is 3. The molecule has 1 fully saturated rings. The van der Waals surface area contributed by atoms with E-state index in [2.05, 4.69) is 6.58 Å². The summed E-state index contributed by atoms with van der Waals surface area (Å²) in [5.41, 5.74) is -0.897. The number of ketones is 2. The highest BCUT2D eigenvalue weighted by Crippen LogP contribution is 2.57. The molecule has 0 spiro atoms. The Morgan fingerprint density at radius 1 is 1.15 bits per heavy atom. The van der Waals surface area contributed by atoms with Crippen LogP contribution >= 0.6 is 0 Å². The third kappa shape index (κ3) is 2.63. The number of likely N-dealkylation sites (N-methyl/N-ethyl adjacent to an activating group) is 1. The van der Waals surface area contributed by atoms with Crippen molar-refractivity contribution < 1.29 is 40.2 Å². The summed E-state index contributed by atoms with van der Waals surface area (Å²) in [6.07, 6.45) is -1.79. The Kier molecular flexibility index (Phi) is 4.81. The highest BCUT2D eigenvalue weighted by molar-refractivity contribution is 6.15. The first kappa shape index (κ1) is 23.0. The van der Waals surface area contributed by atoms with Crippen molar-refractivity contribution in [1.82, 2.24) is 4.90 Å². The number of aromatic hydroxyl groups is 1. The largest absolute Gasteiger partial charge is 0.508 e. The molecule has 0 amide bonds. The average Bonchev–Trinajstić information content (AvgIpc) is 2.70. The Morgan fingerprint density at radius 2 is 1.76 bits per heavy atom. The van der Waals surface area contributed by atoms with E-state index in [1.807, 2.05) is 0 Å². The fraction of sp³-hybridized carbons (Fsp3) is 0.391. The van der Waals surface area contributed by atoms with Crippen LogP contribution in [0.5, 0.6) is 5.75 Å². The van der Waals surface area contributed by atoms with Crippen LogP contribution in [0.15, 0.2) is 47.4 Å². The normalized spacial score (nSPS) is 36.0. The fourth-order valence-electron chi connectivity index (χ4n) is 5.67. The molecule has 1 aromatic rings. The molecule has 0 aliphatic heterocycles. The van der Waals surface area contributed by atoms with Crippen molar-refractivity contribution in [3.05, 3.63) is 58.5 Å². The van der Waals surface area contributed by atoms with Gasteiger partial charge in [-0.1, -0.05) is 18.7 Å². The van der Waals surface area contributed by atoms with Crippen LogP contribution in [0.4, 0.5) is 0 Å². The Bertz CT molecular complexity index is 1180. The van der Waals surface area contributed by atoms with Crippen molar-refractivity contribution in [2.24, 2.45) is 17.6 Å². The number of phenolic OH excluding ortho intramolecular Hbond substituents is 1. The van der Waals surface area contributed by atoms with E-state index in [4.69, 9.17) is 5.73 Å². The average molecular weight is 458 g/mol. The zero-order valence-corrected chi connectivity index (χ0v) is 18.3. The third-order valence-corrected chi connectivity index (χ3v) is 7.11. The van der Waals surface area contributed by atoms with Gasteiger partial charge in [0.1, 0.15) is 17.3 Å². The SMILES string of the molecule is C=C(N)C1=C(O)[C@@]2(O)C(=O)C3=C(O)c4c(O)cccc4[C@](C)(O)C3C(O)C2C(N(C)C)C1=O. The van der Waals surface area contributed by atoms with Crippen LogP contribution < -0.4 is 5.73 Å². The number of hydrogen-bond acceptors (Lipinski definition) is 10. The number of phenols is 1. The van der Waals surface area contributed by atoms with Gasteiger partial charge in [0.2, 0.25) is 5.78 Å². The molecule has 0 heterocycles. The number of hydrogen-bond donors (Lipinski definition) is 7. The highest BCUT2D eigenvalue weighted by atomic mass is 16.4. The summed E-state index contributed by atoms with van der Waals surface area (Å²) in [6, 6.07) is 2.76. The molecule has 176 valence electrons. The molecule has 0 radical (unpaired) electrons. The molecule has 6 atom stereocenters. The topological polar surface area (TPSA) is 185 Å². The van der Waals surface area contributed by atoms with Gasteiger partial charge in [-0.3, -0.25) is 14.5 Å². The number of nitrogens with two attached hydrogens (primary N) is 1. The van der Waals surface area contributed by atoms with Gasteiger partial charge in [-0.15, -0.1) is 0 Å². The van der Waals surface area contributed by atoms with Crippen LogP contribution in [0.25, 0.3) is 5.76 Å². The highest BCUT2D eigenvalue weighted by Gasteiger charge is 2.69. The minimum Gasteiger partial charge on any atom is -0.508 e. The Balaban J connectivity index is 2.11. The summed E-state index contributed by atoms with van der Waals surface area (Å²) in [6.45, 7) is 4.74. The van der Waals surface area contributed by atoms with E-state index in [0.29, 0.717) is 0 Å². The lowest BCUT2D eigenvalue weighted by Crippen LogP contribution is -2.71. The second-order valence-corrected chi connectivity index (χ2v) is 9.22. The number of Topliss-reactive ketones (excluding diaryl/α,β-unsaturated/α-hetero) is 2. The molecular formula is C23H26N2O8. The summed E-state index contributed by atoms with van der Waals surface area (Å²) in [4.78, 5) is 28.3. The first-order valence-electron chi connectivity index (χ1n) is 10.2. The van der Waals surface area contributed by atoms with Gasteiger partial charge >= 0.3 is 0 Å². The lowest BCUT2D eigenvalue weighted by Gasteiger charge is -2.55. The minimum absolute atomic E-state index is 0.0466. The first-order valence-corrected chi connectivity index (χ1v) is 10.2. The van der Waals surface area contributed by atoms with Crippen LogP contribution in [0.3, 0.4) is 0 Å². The van der Waals surface area contributed by atoms with E-state index in [1.165, 1.54) is 44.1 Å². The Labute approximate surface area is 189 Å². The van der Waals surface area contributed by atoms with Crippen LogP contribution in [0.1, 0.15) is 18.1 Å². The zero-order valence-electron chi connectivity index (χ0n) is 18.3. The van der Waals surface area contributed by atoms with Gasteiger partial charge in [0, 0.05) is 5.70 Å². The lowest BCUT2D eigenvalue weighted by molar-refractivity contribution is -0.181. The van der Waals surface area contributed by atoms with E-state index in [-0.39, 0.29) is 11.1 Å². The Hall–Kier alpha value is -3.18. The summed E-state index contributed by atoms with van der Waals surface area (Å²) in [5.74, 6) is -7.39. The number of allylic oxidation sites excluding steroid dienone is 1. The quantitative estimate of drug-likeness (QED) is 0.307. The maximum Gasteiger partial charge on any atom is 0.202 e. The molecule has 0 saturated heterocycles. The molecule has 1 saturated carbocycles. The third-order valence-electron chi connectivity index (χ3n) is 7.11. The van der Waals surface area contributed by atoms with E-state index in [9.17, 15) is 40.2 Å². The zero-order chi connectivity index (χ0) is 24.8. The van der Waals surface area contributed by atoms with Gasteiger partial charge in [0.25, 0.3) is 0 Å². The summed E-state index contributed by atoms with van der Waals surface area (Å²) >= 11 is 0. The summed E-state index contributed by atoms with van der Waals surface area (Å²) in [5, 5.41) is 66.8. The van der Waals surface area contributed by atoms with E-state index in [1.54, 1.807) is 0 Å². The van der Waals surface area contributed by atoms with Crippen molar-refractivity contribution in [1.29, 1.82) is 0 Å². The van der Waals surface area contributed by atoms with Gasteiger partial charge in [0.05, 0.1) is 46.3 Å². The maximum atomic E-state index is 13.8. The van der Waals surface area contributed by atoms with Crippen molar-refractivity contribution in [2.75, 3.05) is 14.1 Å². The summed E-state index contributed by atoms with van der Waals surface area (Å²) in [7, 11) is 2.96. The molecule has 1 aromatic carbocycles. The van der Waals surface area contributed by atoms with Crippen LogP contribution in [-0.2, 0) is 15.2 Å². The number of benzene rings is 1. The predicted molar refractivity (Wildman–Crippen MR) is 116 cm³/mol. The fourth-order valence-corrected chi connectivity index (χ4v) is 5.67. The first-order chi connectivity index (χ1) is 15.2. The molecule has 10 heteroatoms. The number of aliphatic hydroxyl groups is 5. The molecule has 3 aliphatic carbocycles. The molecular weight excluding hydrogens is 432 g/mol. The van der Waals surface area contributed by atoms with Crippen molar-refractivity contribution in [3.8, 4) is 5.75 Å². The number of rotatable bonds is 2. The maximum absolute atomic E-state index is 13.8. The number of fused-ring (bicyclic) bond motifs is 3. The number of nitrogens with zero attached hydrogens (tertiary/aromatic N) is 1. The van der Waals surface area contributed by atoms with Crippen LogP contribution in [0.2, 0.25) is 0 Å². The standard InChI is InChI=1S/C23H26N2O8/c1-8(24)11-18(28)16(25(3)4)15-19(29)14-13(21(31)23(15,33)20(11)30)17(27)12-9(22(14,2)32)6-5-7-10(12)26/h5-7,14-16,19,26-27,29-30,32-33H,1,24H2,2-4H3/t14?,15?,16?,19?,22-,23+/m0/s1. The monoisotopic (exact) mass is 458 g/mol. The van der Waals surface area contributed by atoms with Crippen LogP contribution in [-0.4, -0.2) is 78.9 Å². The van der Waals surface area contributed by atoms with Gasteiger partial charge in [-0.2, -0.15) is 0 Å². The lowest BCUT2D eigenvalue weighted by atomic mass is 9.53. The van der Waals surface area contributed by atoms with E-state index >= 15 is 0 Å². The number of carbonyl (C=O) groups is 2. The molecule has 8 N–H and O–H groups in total. The van der Waals surface area contributed by atoms with Gasteiger partial charge < -0.3 is 36.4 Å². The molecule has 4 rings (SSSR count). The summed E-state index contributed by atoms with van der Waals surface area (Å²) < 4.78 is 0. The van der Waals surface area contributed by atoms with Crippen molar-refractivity contribution in [2.45, 2.75) is 30.3 Å². The molecule has 10 nitrogen and oxygen atoms in total. The van der Waals surface area contributed by atoms with Gasteiger partial charge in [-0.25, -0.2) is 0 Å². The second kappa shape index (κ2) is 6.91. The smallest absolute Gasteiger partial charge is 0.202 e. The number of carbonyl (C=O) groups excluding carboxylic acids is 2. The molecule has 4 unspecified atom stereocenters. The second-order valence-electron chi connectivity index (χ2n) is 9.22. The molecule has 0 bridgehead atoms. The molecule has 33 heavy (non-hydrogen) atoms. The van der Waals surface area contributed by atoms with Crippen molar-refractivity contribution >= 4 is 17.3 Å². The Morgan fingerprint density at radius 3 is 2.30 bits per heavy atom. The molecule has 3 aliphatic rings. The van der Waals surface area contributed by atoms with Crippen molar-refractivity contribution in [3.63, 3.8) is 0 Å².